The Kier molecular flexibility index (Phi) is 4.07. The lowest BCUT2D eigenvalue weighted by atomic mass is 10.1. The summed E-state index contributed by atoms with van der Waals surface area (Å²) in [6.45, 7) is 2.02. The number of guanidine groups is 1. The van der Waals surface area contributed by atoms with Crippen molar-refractivity contribution >= 4 is 5.96 Å². The Hall–Kier alpha value is -1.72. The van der Waals surface area contributed by atoms with E-state index in [1.807, 2.05) is 0 Å². The summed E-state index contributed by atoms with van der Waals surface area (Å²) in [5.41, 5.74) is 0.151. The number of nitrogens with one attached hydrogen (secondary N) is 2. The van der Waals surface area contributed by atoms with Crippen molar-refractivity contribution in [2.24, 2.45) is 4.99 Å². The first-order valence-corrected chi connectivity index (χ1v) is 5.83. The Bertz CT molecular complexity index is 460. The maximum Gasteiger partial charge on any atom is 0.194 e. The maximum absolute atomic E-state index is 13.3. The van der Waals surface area contributed by atoms with Crippen LogP contribution in [0.1, 0.15) is 12.0 Å². The van der Waals surface area contributed by atoms with Crippen LogP contribution in [0.3, 0.4) is 0 Å². The second-order valence-corrected chi connectivity index (χ2v) is 4.02. The topological polar surface area (TPSA) is 36.4 Å². The molecule has 0 unspecified atom stereocenters. The highest BCUT2D eigenvalue weighted by Gasteiger charge is 2.13. The van der Waals surface area contributed by atoms with E-state index in [1.165, 1.54) is 6.07 Å². The van der Waals surface area contributed by atoms with Gasteiger partial charge in [0, 0.05) is 19.6 Å². The predicted octanol–water partition coefficient (Wildman–Crippen LogP) is 1.59. The molecule has 2 N–H and O–H groups in total. The zero-order valence-corrected chi connectivity index (χ0v) is 9.77. The molecule has 0 atom stereocenters. The number of hydrogen-bond acceptors (Lipinski definition) is 3. The van der Waals surface area contributed by atoms with Crippen LogP contribution in [0.15, 0.2) is 17.1 Å². The molecule has 0 spiro atoms. The summed E-state index contributed by atoms with van der Waals surface area (Å²) in [4.78, 5) is 4.18. The summed E-state index contributed by atoms with van der Waals surface area (Å²) in [6, 6.07) is 2.19. The van der Waals surface area contributed by atoms with Gasteiger partial charge in [-0.25, -0.2) is 13.2 Å². The van der Waals surface area contributed by atoms with Crippen LogP contribution in [0.2, 0.25) is 0 Å². The average Bonchev–Trinajstić information content (AvgIpc) is 2.40. The van der Waals surface area contributed by atoms with Crippen molar-refractivity contribution in [2.45, 2.75) is 12.8 Å². The number of aliphatic imine (C=N–C) groups is 1. The van der Waals surface area contributed by atoms with Gasteiger partial charge in [0.05, 0.1) is 0 Å². The number of halogens is 3. The molecule has 1 aliphatic rings. The first-order valence-electron chi connectivity index (χ1n) is 5.83. The maximum atomic E-state index is 13.3. The van der Waals surface area contributed by atoms with Crippen LogP contribution >= 0.6 is 0 Å². The summed E-state index contributed by atoms with van der Waals surface area (Å²) >= 11 is 0. The molecular formula is C12H14F3N3. The molecule has 0 bridgehead atoms. The van der Waals surface area contributed by atoms with Crippen molar-refractivity contribution < 1.29 is 13.2 Å². The molecule has 0 saturated heterocycles. The summed E-state index contributed by atoms with van der Waals surface area (Å²) in [5, 5.41) is 6.04. The Morgan fingerprint density at radius 2 is 2.06 bits per heavy atom. The van der Waals surface area contributed by atoms with E-state index in [0.29, 0.717) is 12.5 Å². The van der Waals surface area contributed by atoms with E-state index in [9.17, 15) is 13.2 Å². The van der Waals surface area contributed by atoms with E-state index in [0.717, 1.165) is 25.6 Å². The minimum atomic E-state index is -1.42. The van der Waals surface area contributed by atoms with Crippen LogP contribution in [0.5, 0.6) is 0 Å². The molecule has 0 aliphatic carbocycles. The lowest BCUT2D eigenvalue weighted by Gasteiger charge is -2.16. The lowest BCUT2D eigenvalue weighted by molar-refractivity contribution is 0.440. The van der Waals surface area contributed by atoms with E-state index < -0.39 is 17.5 Å². The zero-order valence-electron chi connectivity index (χ0n) is 9.77. The molecular weight excluding hydrogens is 243 g/mol. The molecule has 0 radical (unpaired) electrons. The first kappa shape index (κ1) is 12.7. The van der Waals surface area contributed by atoms with Crippen LogP contribution in [0.25, 0.3) is 0 Å². The first-order chi connectivity index (χ1) is 8.68. The van der Waals surface area contributed by atoms with Gasteiger partial charge < -0.3 is 10.6 Å². The van der Waals surface area contributed by atoms with Gasteiger partial charge in [0.15, 0.2) is 23.4 Å². The molecule has 1 aliphatic heterocycles. The molecule has 6 heteroatoms. The van der Waals surface area contributed by atoms with Crippen molar-refractivity contribution in [3.8, 4) is 0 Å². The fourth-order valence-electron chi connectivity index (χ4n) is 1.73. The van der Waals surface area contributed by atoms with Gasteiger partial charge in [-0.1, -0.05) is 6.07 Å². The van der Waals surface area contributed by atoms with Crippen LogP contribution in [0.4, 0.5) is 13.2 Å². The third-order valence-corrected chi connectivity index (χ3v) is 2.70. The molecule has 0 aromatic heterocycles. The Morgan fingerprint density at radius 3 is 2.78 bits per heavy atom. The van der Waals surface area contributed by atoms with Gasteiger partial charge in [-0.3, -0.25) is 4.99 Å². The standard InChI is InChI=1S/C12H14F3N3/c13-9-3-2-8(10(14)11(9)15)4-7-18-12-16-5-1-6-17-12/h2-3H,1,4-7H2,(H2,16,17,18). The molecule has 1 aromatic rings. The highest BCUT2D eigenvalue weighted by molar-refractivity contribution is 5.80. The number of benzene rings is 1. The molecule has 1 aromatic carbocycles. The number of hydrogen-bond donors (Lipinski definition) is 2. The second-order valence-electron chi connectivity index (χ2n) is 4.02. The SMILES string of the molecule is Fc1ccc(CCNC2=NCCCN2)c(F)c1F. The van der Waals surface area contributed by atoms with Gasteiger partial charge >= 0.3 is 0 Å². The molecule has 98 valence electrons. The molecule has 0 amide bonds. The van der Waals surface area contributed by atoms with Gasteiger partial charge in [0.1, 0.15) is 0 Å². The predicted molar refractivity (Wildman–Crippen MR) is 62.9 cm³/mol. The van der Waals surface area contributed by atoms with Crippen molar-refractivity contribution in [2.75, 3.05) is 19.6 Å². The quantitative estimate of drug-likeness (QED) is 0.807. The third kappa shape index (κ3) is 2.94. The Labute approximate surface area is 103 Å². The van der Waals surface area contributed by atoms with Crippen molar-refractivity contribution in [3.63, 3.8) is 0 Å². The zero-order chi connectivity index (χ0) is 13.0. The fourth-order valence-corrected chi connectivity index (χ4v) is 1.73. The smallest absolute Gasteiger partial charge is 0.194 e. The van der Waals surface area contributed by atoms with Crippen LogP contribution in [-0.2, 0) is 6.42 Å². The summed E-state index contributed by atoms with van der Waals surface area (Å²) in [5.74, 6) is -3.03. The largest absolute Gasteiger partial charge is 0.356 e. The van der Waals surface area contributed by atoms with Crippen molar-refractivity contribution in [1.29, 1.82) is 0 Å². The van der Waals surface area contributed by atoms with Gasteiger partial charge in [0.2, 0.25) is 0 Å². The second kappa shape index (κ2) is 5.75. The molecule has 2 rings (SSSR count). The number of nitrogens with zero attached hydrogens (tertiary/aromatic N) is 1. The van der Waals surface area contributed by atoms with Crippen molar-refractivity contribution in [3.05, 3.63) is 35.1 Å². The number of rotatable bonds is 3. The molecule has 3 nitrogen and oxygen atoms in total. The lowest BCUT2D eigenvalue weighted by Crippen LogP contribution is -2.41. The summed E-state index contributed by atoms with van der Waals surface area (Å²) in [6.07, 6.45) is 1.26. The van der Waals surface area contributed by atoms with E-state index in [2.05, 4.69) is 15.6 Å². The van der Waals surface area contributed by atoms with E-state index in [4.69, 9.17) is 0 Å². The highest BCUT2D eigenvalue weighted by atomic mass is 19.2. The molecule has 0 saturated carbocycles. The highest BCUT2D eigenvalue weighted by Crippen LogP contribution is 2.15. The monoisotopic (exact) mass is 257 g/mol. The average molecular weight is 257 g/mol. The van der Waals surface area contributed by atoms with E-state index in [-0.39, 0.29) is 12.0 Å². The Balaban J connectivity index is 1.90. The normalized spacial score (nSPS) is 14.9. The Morgan fingerprint density at radius 1 is 1.22 bits per heavy atom. The van der Waals surface area contributed by atoms with Crippen LogP contribution in [-0.4, -0.2) is 25.6 Å². The van der Waals surface area contributed by atoms with Crippen molar-refractivity contribution in [1.82, 2.24) is 10.6 Å². The fraction of sp³-hybridized carbons (Fsp3) is 0.417. The van der Waals surface area contributed by atoms with E-state index >= 15 is 0 Å². The minimum absolute atomic E-state index is 0.151. The van der Waals surface area contributed by atoms with E-state index in [1.54, 1.807) is 0 Å². The van der Waals surface area contributed by atoms with Gasteiger partial charge in [-0.05, 0) is 24.5 Å². The van der Waals surface area contributed by atoms with Gasteiger partial charge in [-0.2, -0.15) is 0 Å². The van der Waals surface area contributed by atoms with Gasteiger partial charge in [-0.15, -0.1) is 0 Å². The molecule has 0 fully saturated rings. The third-order valence-electron chi connectivity index (χ3n) is 2.70. The molecule has 18 heavy (non-hydrogen) atoms. The van der Waals surface area contributed by atoms with Crippen LogP contribution < -0.4 is 10.6 Å². The summed E-state index contributed by atoms with van der Waals surface area (Å²) in [7, 11) is 0. The molecule has 1 heterocycles. The van der Waals surface area contributed by atoms with Crippen LogP contribution in [0, 0.1) is 17.5 Å². The summed E-state index contributed by atoms with van der Waals surface area (Å²) < 4.78 is 39.0. The van der Waals surface area contributed by atoms with Gasteiger partial charge in [0.25, 0.3) is 0 Å². The minimum Gasteiger partial charge on any atom is -0.356 e.